The van der Waals surface area contributed by atoms with Gasteiger partial charge in [-0.15, -0.1) is 11.8 Å². The first-order valence-corrected chi connectivity index (χ1v) is 15.7. The Morgan fingerprint density at radius 1 is 1.12 bits per heavy atom. The van der Waals surface area contributed by atoms with Gasteiger partial charge in [-0.3, -0.25) is 24.0 Å². The van der Waals surface area contributed by atoms with E-state index in [4.69, 9.17) is 0 Å². The number of benzene rings is 1. The lowest BCUT2D eigenvalue weighted by molar-refractivity contribution is -0.140. The van der Waals surface area contributed by atoms with Crippen LogP contribution in [0.5, 0.6) is 0 Å². The van der Waals surface area contributed by atoms with E-state index in [0.717, 1.165) is 17.7 Å². The second kappa shape index (κ2) is 15.9. The molecule has 232 valence electrons. The number of nitrogens with one attached hydrogen (secondary N) is 2. The topological polar surface area (TPSA) is 122 Å². The van der Waals surface area contributed by atoms with E-state index < -0.39 is 6.04 Å². The average molecular weight is 603 g/mol. The van der Waals surface area contributed by atoms with E-state index in [-0.39, 0.29) is 61.0 Å². The van der Waals surface area contributed by atoms with Gasteiger partial charge in [-0.1, -0.05) is 19.4 Å². The Hall–Kier alpha value is -3.12. The minimum atomic E-state index is -0.850. The largest absolute Gasteiger partial charge is 0.353 e. The van der Waals surface area contributed by atoms with Gasteiger partial charge >= 0.3 is 0 Å². The first kappa shape index (κ1) is 33.4. The number of rotatable bonds is 8. The minimum Gasteiger partial charge on any atom is -0.353 e. The van der Waals surface area contributed by atoms with Gasteiger partial charge in [-0.25, -0.2) is 0 Å². The van der Waals surface area contributed by atoms with E-state index >= 15 is 0 Å². The van der Waals surface area contributed by atoms with Crippen molar-refractivity contribution in [2.75, 3.05) is 60.1 Å². The van der Waals surface area contributed by atoms with Gasteiger partial charge in [0.1, 0.15) is 6.04 Å². The van der Waals surface area contributed by atoms with E-state index in [2.05, 4.69) is 10.6 Å². The van der Waals surface area contributed by atoms with E-state index in [1.807, 2.05) is 38.1 Å². The molecule has 0 radical (unpaired) electrons. The molecule has 1 saturated heterocycles. The smallest absolute Gasteiger partial charge is 0.254 e. The standard InChI is InChI=1S/C30H46N6O5S/c1-6-7-11-26(37)32-22-17-23-20-42-24-10-8-9-21(16-24)30(41)35(5)25(29(40)31-14-15-33(2)3)12-13-27(38)34(4)19-28(39)36(23)18-22/h8-10,16,22-23,25H,6-7,11-15,17-20H2,1-5H3,(H,31,40)(H,32,37)/t22-,23+,25+/m1/s1. The lowest BCUT2D eigenvalue weighted by atomic mass is 10.1. The molecular weight excluding hydrogens is 556 g/mol. The lowest BCUT2D eigenvalue weighted by Crippen LogP contribution is -2.49. The van der Waals surface area contributed by atoms with Crippen molar-refractivity contribution < 1.29 is 24.0 Å². The van der Waals surface area contributed by atoms with Crippen LogP contribution in [0.4, 0.5) is 0 Å². The van der Waals surface area contributed by atoms with Crippen LogP contribution >= 0.6 is 11.8 Å². The number of hydrogen-bond donors (Lipinski definition) is 2. The fourth-order valence-electron chi connectivity index (χ4n) is 5.23. The Morgan fingerprint density at radius 2 is 1.88 bits per heavy atom. The predicted molar refractivity (Wildman–Crippen MR) is 163 cm³/mol. The molecular formula is C30H46N6O5S. The molecule has 0 spiro atoms. The summed E-state index contributed by atoms with van der Waals surface area (Å²) >= 11 is 1.54. The number of carbonyl (C=O) groups excluding carboxylic acids is 5. The molecule has 0 aromatic heterocycles. The lowest BCUT2D eigenvalue weighted by Gasteiger charge is -2.30. The fraction of sp³-hybridized carbons (Fsp3) is 0.633. The number of unbranched alkanes of at least 4 members (excludes halogenated alkanes) is 1. The van der Waals surface area contributed by atoms with Crippen LogP contribution in [0.2, 0.25) is 0 Å². The minimum absolute atomic E-state index is 0.00258. The van der Waals surface area contributed by atoms with E-state index in [0.29, 0.717) is 43.8 Å². The molecule has 2 bridgehead atoms. The Bertz CT molecular complexity index is 1130. The molecule has 1 aromatic rings. The van der Waals surface area contributed by atoms with Crippen molar-refractivity contribution in [2.24, 2.45) is 0 Å². The number of amides is 5. The molecule has 2 aliphatic rings. The molecule has 0 unspecified atom stereocenters. The van der Waals surface area contributed by atoms with Gasteiger partial charge in [0.15, 0.2) is 0 Å². The van der Waals surface area contributed by atoms with E-state index in [1.54, 1.807) is 42.9 Å². The van der Waals surface area contributed by atoms with Crippen molar-refractivity contribution in [2.45, 2.75) is 68.5 Å². The highest BCUT2D eigenvalue weighted by molar-refractivity contribution is 7.99. The number of likely N-dealkylation sites (N-methyl/N-ethyl adjacent to an activating group) is 3. The zero-order chi connectivity index (χ0) is 30.8. The SMILES string of the molecule is CCCCC(=O)N[C@@H]1C[C@H]2CSc3cccc(c3)C(=O)N(C)[C@H](C(=O)NCCN(C)C)CCC(=O)N(C)CC(=O)N2C1. The van der Waals surface area contributed by atoms with Crippen LogP contribution in [0.25, 0.3) is 0 Å². The molecule has 5 amide bonds. The monoisotopic (exact) mass is 602 g/mol. The maximum Gasteiger partial charge on any atom is 0.254 e. The third-order valence-electron chi connectivity index (χ3n) is 7.76. The van der Waals surface area contributed by atoms with E-state index in [9.17, 15) is 24.0 Å². The molecule has 42 heavy (non-hydrogen) atoms. The van der Waals surface area contributed by atoms with E-state index in [1.165, 1.54) is 9.80 Å². The van der Waals surface area contributed by atoms with Crippen LogP contribution in [-0.2, 0) is 19.2 Å². The number of carbonyl (C=O) groups is 5. The summed E-state index contributed by atoms with van der Waals surface area (Å²) < 4.78 is 0. The van der Waals surface area contributed by atoms with Crippen molar-refractivity contribution in [1.82, 2.24) is 30.2 Å². The summed E-state index contributed by atoms with van der Waals surface area (Å²) in [5.41, 5.74) is 0.449. The zero-order valence-corrected chi connectivity index (χ0v) is 26.4. The first-order chi connectivity index (χ1) is 20.0. The molecule has 2 aliphatic heterocycles. The summed E-state index contributed by atoms with van der Waals surface area (Å²) in [4.78, 5) is 73.1. The predicted octanol–water partition coefficient (Wildman–Crippen LogP) is 1.43. The van der Waals surface area contributed by atoms with Gasteiger partial charge in [0.2, 0.25) is 23.6 Å². The molecule has 0 aliphatic carbocycles. The van der Waals surface area contributed by atoms with Gasteiger partial charge in [0.05, 0.1) is 6.54 Å². The zero-order valence-electron chi connectivity index (χ0n) is 25.6. The molecule has 11 nitrogen and oxygen atoms in total. The number of thioether (sulfide) groups is 1. The Kier molecular flexibility index (Phi) is 12.7. The third kappa shape index (κ3) is 9.45. The highest BCUT2D eigenvalue weighted by atomic mass is 32.2. The summed E-state index contributed by atoms with van der Waals surface area (Å²) in [5, 5.41) is 5.97. The third-order valence-corrected chi connectivity index (χ3v) is 8.90. The molecule has 2 N–H and O–H groups in total. The molecule has 2 heterocycles. The van der Waals surface area contributed by atoms with Crippen LogP contribution in [0.1, 0.15) is 55.8 Å². The van der Waals surface area contributed by atoms with Crippen LogP contribution in [-0.4, -0.2) is 127 Å². The molecule has 1 aromatic carbocycles. The normalized spacial score (nSPS) is 22.4. The molecule has 3 atom stereocenters. The van der Waals surface area contributed by atoms with Gasteiger partial charge in [-0.05, 0) is 51.6 Å². The maximum absolute atomic E-state index is 13.5. The number of fused-ring (bicyclic) bond motifs is 3. The second-order valence-electron chi connectivity index (χ2n) is 11.5. The van der Waals surface area contributed by atoms with Crippen molar-refractivity contribution in [3.8, 4) is 0 Å². The van der Waals surface area contributed by atoms with Crippen LogP contribution in [0.3, 0.4) is 0 Å². The Morgan fingerprint density at radius 3 is 2.60 bits per heavy atom. The Labute approximate surface area is 253 Å². The molecule has 0 saturated carbocycles. The highest BCUT2D eigenvalue weighted by Gasteiger charge is 2.37. The fourth-order valence-corrected chi connectivity index (χ4v) is 6.32. The average Bonchev–Trinajstić information content (AvgIpc) is 3.36. The number of nitrogens with zero attached hydrogens (tertiary/aromatic N) is 4. The van der Waals surface area contributed by atoms with Crippen molar-refractivity contribution >= 4 is 41.3 Å². The highest BCUT2D eigenvalue weighted by Crippen LogP contribution is 2.28. The summed E-state index contributed by atoms with van der Waals surface area (Å²) in [6.45, 7) is 3.38. The van der Waals surface area contributed by atoms with Gasteiger partial charge in [0, 0.05) is 74.9 Å². The summed E-state index contributed by atoms with van der Waals surface area (Å²) in [6, 6.07) is 6.13. The maximum atomic E-state index is 13.5. The quantitative estimate of drug-likeness (QED) is 0.462. The molecule has 1 fully saturated rings. The van der Waals surface area contributed by atoms with Crippen LogP contribution < -0.4 is 10.6 Å². The summed E-state index contributed by atoms with van der Waals surface area (Å²) in [6.07, 6.45) is 2.96. The molecule has 12 heteroatoms. The Balaban J connectivity index is 1.84. The summed E-state index contributed by atoms with van der Waals surface area (Å²) in [7, 11) is 6.98. The van der Waals surface area contributed by atoms with Crippen LogP contribution in [0.15, 0.2) is 29.2 Å². The number of hydrogen-bond acceptors (Lipinski definition) is 7. The second-order valence-corrected chi connectivity index (χ2v) is 12.6. The van der Waals surface area contributed by atoms with Gasteiger partial charge in [0.25, 0.3) is 5.91 Å². The van der Waals surface area contributed by atoms with Crippen molar-refractivity contribution in [1.29, 1.82) is 0 Å². The van der Waals surface area contributed by atoms with Gasteiger partial charge < -0.3 is 30.2 Å². The van der Waals surface area contributed by atoms with Crippen molar-refractivity contribution in [3.63, 3.8) is 0 Å². The molecule has 3 rings (SSSR count). The van der Waals surface area contributed by atoms with Crippen molar-refractivity contribution in [3.05, 3.63) is 29.8 Å². The first-order valence-electron chi connectivity index (χ1n) is 14.7. The summed E-state index contributed by atoms with van der Waals surface area (Å²) in [5.74, 6) is -0.506. The van der Waals surface area contributed by atoms with Gasteiger partial charge in [-0.2, -0.15) is 0 Å². The van der Waals surface area contributed by atoms with Crippen LogP contribution in [0, 0.1) is 0 Å².